The van der Waals surface area contributed by atoms with E-state index in [0.29, 0.717) is 5.56 Å². The van der Waals surface area contributed by atoms with Gasteiger partial charge in [-0.15, -0.1) is 0 Å². The molecule has 3 unspecified atom stereocenters. The third-order valence-electron chi connectivity index (χ3n) is 3.40. The molecule has 0 bridgehead atoms. The summed E-state index contributed by atoms with van der Waals surface area (Å²) in [7, 11) is 0. The Labute approximate surface area is 99.2 Å². The normalized spacial score (nSPS) is 30.6. The van der Waals surface area contributed by atoms with Gasteiger partial charge in [0.1, 0.15) is 12.2 Å². The van der Waals surface area contributed by atoms with E-state index in [-0.39, 0.29) is 17.7 Å². The number of hydrogen-bond donors (Lipinski definition) is 1. The van der Waals surface area contributed by atoms with Gasteiger partial charge in [0.05, 0.1) is 11.2 Å². The molecule has 90 valence electrons. The van der Waals surface area contributed by atoms with Gasteiger partial charge in [0.2, 0.25) is 0 Å². The molecule has 0 amide bonds. The molecule has 1 saturated heterocycles. The minimum Gasteiger partial charge on any atom is -0.451 e. The van der Waals surface area contributed by atoms with Crippen LogP contribution < -0.4 is 0 Å². The lowest BCUT2D eigenvalue weighted by Gasteiger charge is -2.16. The number of cyclic esters (lactones) is 1. The maximum absolute atomic E-state index is 11.6. The molecule has 1 N–H and O–H groups in total. The van der Waals surface area contributed by atoms with Gasteiger partial charge in [0, 0.05) is 5.56 Å². The predicted molar refractivity (Wildman–Crippen MR) is 59.6 cm³/mol. The average Bonchev–Trinajstić information content (AvgIpc) is 2.80. The van der Waals surface area contributed by atoms with Crippen molar-refractivity contribution in [3.8, 4) is 0 Å². The number of hydrogen-bond acceptors (Lipinski definition) is 4. The molecular weight excluding hydrogens is 220 g/mol. The Hall–Kier alpha value is -1.39. The van der Waals surface area contributed by atoms with Crippen LogP contribution in [0.4, 0.5) is 0 Å². The molecule has 1 fully saturated rings. The average molecular weight is 234 g/mol. The zero-order valence-electron chi connectivity index (χ0n) is 9.71. The Morgan fingerprint density at radius 2 is 2.00 bits per heavy atom. The van der Waals surface area contributed by atoms with Crippen LogP contribution in [-0.4, -0.2) is 28.9 Å². The number of esters is 1. The summed E-state index contributed by atoms with van der Waals surface area (Å²) in [6, 6.07) is 7.14. The van der Waals surface area contributed by atoms with Crippen molar-refractivity contribution in [1.29, 1.82) is 0 Å². The van der Waals surface area contributed by atoms with Gasteiger partial charge >= 0.3 is 5.97 Å². The Morgan fingerprint density at radius 3 is 2.65 bits per heavy atom. The third kappa shape index (κ3) is 1.56. The fraction of sp³-hybridized carbons (Fsp3) is 0.462. The van der Waals surface area contributed by atoms with Gasteiger partial charge in [-0.2, -0.15) is 0 Å². The minimum absolute atomic E-state index is 0.272. The predicted octanol–water partition coefficient (Wildman–Crippen LogP) is 1.44. The highest BCUT2D eigenvalue weighted by molar-refractivity contribution is 5.94. The van der Waals surface area contributed by atoms with E-state index < -0.39 is 12.2 Å². The molecule has 1 aromatic rings. The monoisotopic (exact) mass is 234 g/mol. The zero-order valence-corrected chi connectivity index (χ0v) is 9.71. The Kier molecular flexibility index (Phi) is 2.09. The van der Waals surface area contributed by atoms with Crippen molar-refractivity contribution in [2.75, 3.05) is 0 Å². The molecule has 2 aliphatic heterocycles. The van der Waals surface area contributed by atoms with E-state index in [0.717, 1.165) is 5.56 Å². The number of carbonyl (C=O) groups excluding carboxylic acids is 1. The lowest BCUT2D eigenvalue weighted by atomic mass is 9.96. The van der Waals surface area contributed by atoms with Crippen molar-refractivity contribution >= 4 is 5.97 Å². The first-order valence-corrected chi connectivity index (χ1v) is 5.66. The molecule has 4 nitrogen and oxygen atoms in total. The molecule has 3 rings (SSSR count). The molecule has 0 aromatic heterocycles. The molecule has 0 saturated carbocycles. The summed E-state index contributed by atoms with van der Waals surface area (Å²) >= 11 is 0. The van der Waals surface area contributed by atoms with E-state index in [2.05, 4.69) is 0 Å². The van der Waals surface area contributed by atoms with E-state index in [9.17, 15) is 9.90 Å². The second-order valence-electron chi connectivity index (χ2n) is 5.05. The molecule has 2 aliphatic rings. The highest BCUT2D eigenvalue weighted by Crippen LogP contribution is 2.44. The molecule has 1 aromatic carbocycles. The Balaban J connectivity index is 1.89. The highest BCUT2D eigenvalue weighted by atomic mass is 16.6. The number of aliphatic hydroxyl groups is 1. The second kappa shape index (κ2) is 3.31. The largest absolute Gasteiger partial charge is 0.451 e. The summed E-state index contributed by atoms with van der Waals surface area (Å²) in [5.74, 6) is -0.372. The first-order valence-electron chi connectivity index (χ1n) is 5.66. The van der Waals surface area contributed by atoms with Crippen molar-refractivity contribution in [3.05, 3.63) is 35.4 Å². The molecule has 0 radical (unpaired) electrons. The lowest BCUT2D eigenvalue weighted by Crippen LogP contribution is -2.28. The van der Waals surface area contributed by atoms with Crippen molar-refractivity contribution in [2.24, 2.45) is 0 Å². The number of epoxide rings is 1. The van der Waals surface area contributed by atoms with Crippen LogP contribution in [-0.2, 0) is 9.47 Å². The standard InChI is InChI=1S/C13H14O4/c1-13(2)11(17-13)9(14)10-7-5-3-4-6-8(7)12(15)16-10/h3-6,9-11,14H,1-2H3. The van der Waals surface area contributed by atoms with Gasteiger partial charge in [0.15, 0.2) is 6.10 Å². The maximum atomic E-state index is 11.6. The van der Waals surface area contributed by atoms with Crippen LogP contribution in [0.15, 0.2) is 24.3 Å². The summed E-state index contributed by atoms with van der Waals surface area (Å²) in [4.78, 5) is 11.6. The molecule has 3 atom stereocenters. The summed E-state index contributed by atoms with van der Waals surface area (Å²) < 4.78 is 10.6. The van der Waals surface area contributed by atoms with Gasteiger partial charge in [-0.3, -0.25) is 0 Å². The molecule has 2 heterocycles. The summed E-state index contributed by atoms with van der Waals surface area (Å²) in [5.41, 5.74) is 0.954. The van der Waals surface area contributed by atoms with Crippen LogP contribution in [0.5, 0.6) is 0 Å². The van der Waals surface area contributed by atoms with Crippen molar-refractivity contribution in [3.63, 3.8) is 0 Å². The highest BCUT2D eigenvalue weighted by Gasteiger charge is 2.56. The van der Waals surface area contributed by atoms with Gasteiger partial charge in [0.25, 0.3) is 0 Å². The van der Waals surface area contributed by atoms with Gasteiger partial charge in [-0.05, 0) is 19.9 Å². The second-order valence-corrected chi connectivity index (χ2v) is 5.05. The number of ether oxygens (including phenoxy) is 2. The third-order valence-corrected chi connectivity index (χ3v) is 3.40. The number of carbonyl (C=O) groups is 1. The van der Waals surface area contributed by atoms with E-state index in [1.165, 1.54) is 0 Å². The lowest BCUT2D eigenvalue weighted by molar-refractivity contribution is -0.0189. The topological polar surface area (TPSA) is 59.1 Å². The first kappa shape index (κ1) is 10.7. The molecule has 0 spiro atoms. The Bertz CT molecular complexity index is 480. The number of aliphatic hydroxyl groups excluding tert-OH is 1. The van der Waals surface area contributed by atoms with Crippen LogP contribution in [0.3, 0.4) is 0 Å². The zero-order chi connectivity index (χ0) is 12.2. The van der Waals surface area contributed by atoms with E-state index >= 15 is 0 Å². The summed E-state index contributed by atoms with van der Waals surface area (Å²) in [6.45, 7) is 3.81. The number of rotatable bonds is 2. The number of fused-ring (bicyclic) bond motifs is 1. The van der Waals surface area contributed by atoms with Crippen LogP contribution in [0.25, 0.3) is 0 Å². The minimum atomic E-state index is -0.808. The van der Waals surface area contributed by atoms with Gasteiger partial charge in [-0.1, -0.05) is 18.2 Å². The quantitative estimate of drug-likeness (QED) is 0.621. The first-order chi connectivity index (χ1) is 8.00. The molecule has 0 aliphatic carbocycles. The van der Waals surface area contributed by atoms with Crippen molar-refractivity contribution in [2.45, 2.75) is 37.8 Å². The molecular formula is C13H14O4. The van der Waals surface area contributed by atoms with Crippen LogP contribution in [0.2, 0.25) is 0 Å². The van der Waals surface area contributed by atoms with Crippen LogP contribution >= 0.6 is 0 Å². The van der Waals surface area contributed by atoms with E-state index in [4.69, 9.17) is 9.47 Å². The van der Waals surface area contributed by atoms with E-state index in [1.807, 2.05) is 26.0 Å². The summed E-state index contributed by atoms with van der Waals surface area (Å²) in [5, 5.41) is 10.2. The molecule has 4 heteroatoms. The molecule has 17 heavy (non-hydrogen) atoms. The smallest absolute Gasteiger partial charge is 0.339 e. The van der Waals surface area contributed by atoms with Crippen molar-refractivity contribution < 1.29 is 19.4 Å². The fourth-order valence-electron chi connectivity index (χ4n) is 2.36. The van der Waals surface area contributed by atoms with Crippen molar-refractivity contribution in [1.82, 2.24) is 0 Å². The Morgan fingerprint density at radius 1 is 1.35 bits per heavy atom. The SMILES string of the molecule is CC1(C)OC1C(O)C1OC(=O)c2ccccc21. The fourth-order valence-corrected chi connectivity index (χ4v) is 2.36. The van der Waals surface area contributed by atoms with E-state index in [1.54, 1.807) is 12.1 Å². The number of benzene rings is 1. The summed E-state index contributed by atoms with van der Waals surface area (Å²) in [6.07, 6.45) is -1.69. The van der Waals surface area contributed by atoms with Crippen LogP contribution in [0, 0.1) is 0 Å². The van der Waals surface area contributed by atoms with Gasteiger partial charge in [-0.25, -0.2) is 4.79 Å². The van der Waals surface area contributed by atoms with Crippen LogP contribution in [0.1, 0.15) is 35.9 Å². The maximum Gasteiger partial charge on any atom is 0.339 e. The van der Waals surface area contributed by atoms with Gasteiger partial charge < -0.3 is 14.6 Å².